The van der Waals surface area contributed by atoms with Gasteiger partial charge in [0.15, 0.2) is 0 Å². The van der Waals surface area contributed by atoms with Crippen LogP contribution < -0.4 is 5.73 Å². The summed E-state index contributed by atoms with van der Waals surface area (Å²) in [6.07, 6.45) is 2.70. The average Bonchev–Trinajstić information content (AvgIpc) is 3.12. The molecule has 0 spiro atoms. The quantitative estimate of drug-likeness (QED) is 0.621. The Morgan fingerprint density at radius 2 is 2.22 bits per heavy atom. The van der Waals surface area contributed by atoms with Crippen molar-refractivity contribution >= 4 is 21.6 Å². The maximum atomic E-state index is 5.98. The largest absolute Gasteiger partial charge is 0.398 e. The lowest BCUT2D eigenvalue weighted by Crippen LogP contribution is -2.23. The van der Waals surface area contributed by atoms with Crippen LogP contribution in [0.4, 0.5) is 5.69 Å². The van der Waals surface area contributed by atoms with E-state index in [0.717, 1.165) is 42.4 Å². The minimum atomic E-state index is 0.809. The minimum Gasteiger partial charge on any atom is -0.398 e. The summed E-state index contributed by atoms with van der Waals surface area (Å²) < 4.78 is 6.66. The Morgan fingerprint density at radius 3 is 2.89 bits per heavy atom. The van der Waals surface area contributed by atoms with Crippen LogP contribution in [0.2, 0.25) is 0 Å². The maximum absolute atomic E-state index is 5.98. The number of rotatable bonds is 7. The molecule has 1 aromatic rings. The predicted octanol–water partition coefficient (Wildman–Crippen LogP) is 2.89. The van der Waals surface area contributed by atoms with E-state index in [0.29, 0.717) is 0 Å². The number of ether oxygens (including phenoxy) is 1. The molecule has 0 radical (unpaired) electrons. The van der Waals surface area contributed by atoms with Gasteiger partial charge in [0.2, 0.25) is 0 Å². The van der Waals surface area contributed by atoms with Gasteiger partial charge in [0.05, 0.1) is 6.61 Å². The van der Waals surface area contributed by atoms with Crippen molar-refractivity contribution in [2.45, 2.75) is 19.4 Å². The zero-order valence-electron chi connectivity index (χ0n) is 10.9. The molecular weight excluding hydrogens is 292 g/mol. The van der Waals surface area contributed by atoms with Crippen molar-refractivity contribution in [3.8, 4) is 0 Å². The van der Waals surface area contributed by atoms with E-state index in [1.807, 2.05) is 12.1 Å². The molecule has 0 heterocycles. The Hall–Kier alpha value is -0.580. The molecular formula is C14H21BrN2O. The Bertz CT molecular complexity index is 393. The van der Waals surface area contributed by atoms with E-state index < -0.39 is 0 Å². The molecule has 100 valence electrons. The van der Waals surface area contributed by atoms with Crippen molar-refractivity contribution in [2.24, 2.45) is 5.92 Å². The Balaban J connectivity index is 1.70. The standard InChI is InChI=1S/C14H21BrN2O/c1-17(6-7-18-10-11-2-3-11)9-12-4-5-13(15)8-14(12)16/h4-5,8,11H,2-3,6-7,9-10,16H2,1H3. The summed E-state index contributed by atoms with van der Waals surface area (Å²) in [7, 11) is 2.10. The lowest BCUT2D eigenvalue weighted by atomic mass is 10.2. The van der Waals surface area contributed by atoms with Gasteiger partial charge in [-0.05, 0) is 43.5 Å². The smallest absolute Gasteiger partial charge is 0.0593 e. The van der Waals surface area contributed by atoms with Crippen LogP contribution in [0.25, 0.3) is 0 Å². The number of benzene rings is 1. The molecule has 1 aliphatic rings. The number of hydrogen-bond acceptors (Lipinski definition) is 3. The summed E-state index contributed by atoms with van der Waals surface area (Å²) in [6.45, 7) is 3.56. The zero-order valence-corrected chi connectivity index (χ0v) is 12.4. The third-order valence-corrected chi connectivity index (χ3v) is 3.71. The van der Waals surface area contributed by atoms with Gasteiger partial charge in [-0.1, -0.05) is 22.0 Å². The van der Waals surface area contributed by atoms with E-state index in [1.165, 1.54) is 18.4 Å². The highest BCUT2D eigenvalue weighted by atomic mass is 79.9. The molecule has 0 amide bonds. The Morgan fingerprint density at radius 1 is 1.44 bits per heavy atom. The molecule has 18 heavy (non-hydrogen) atoms. The molecule has 1 saturated carbocycles. The zero-order chi connectivity index (χ0) is 13.0. The monoisotopic (exact) mass is 312 g/mol. The highest BCUT2D eigenvalue weighted by molar-refractivity contribution is 9.10. The summed E-state index contributed by atoms with van der Waals surface area (Å²) >= 11 is 3.42. The predicted molar refractivity (Wildman–Crippen MR) is 78.4 cm³/mol. The summed E-state index contributed by atoms with van der Waals surface area (Å²) in [5, 5.41) is 0. The van der Waals surface area contributed by atoms with E-state index in [4.69, 9.17) is 10.5 Å². The SMILES string of the molecule is CN(CCOCC1CC1)Cc1ccc(Br)cc1N. The summed E-state index contributed by atoms with van der Waals surface area (Å²) in [5.74, 6) is 0.845. The van der Waals surface area contributed by atoms with Gasteiger partial charge in [-0.25, -0.2) is 0 Å². The Labute approximate surface area is 117 Å². The van der Waals surface area contributed by atoms with E-state index in [1.54, 1.807) is 0 Å². The normalized spacial score (nSPS) is 15.3. The first kappa shape index (κ1) is 13.8. The van der Waals surface area contributed by atoms with Crippen molar-refractivity contribution < 1.29 is 4.74 Å². The van der Waals surface area contributed by atoms with Crippen LogP contribution in [0.1, 0.15) is 18.4 Å². The van der Waals surface area contributed by atoms with Crippen molar-refractivity contribution in [1.82, 2.24) is 4.90 Å². The lowest BCUT2D eigenvalue weighted by Gasteiger charge is -2.18. The molecule has 1 aromatic carbocycles. The Kier molecular flexibility index (Phi) is 5.03. The molecule has 1 fully saturated rings. The molecule has 0 aromatic heterocycles. The molecule has 1 aliphatic carbocycles. The van der Waals surface area contributed by atoms with Crippen molar-refractivity contribution in [3.05, 3.63) is 28.2 Å². The van der Waals surface area contributed by atoms with Crippen molar-refractivity contribution in [1.29, 1.82) is 0 Å². The van der Waals surface area contributed by atoms with Gasteiger partial charge in [-0.3, -0.25) is 4.90 Å². The number of nitrogens with two attached hydrogens (primary N) is 1. The van der Waals surface area contributed by atoms with Gasteiger partial charge in [0.1, 0.15) is 0 Å². The average molecular weight is 313 g/mol. The van der Waals surface area contributed by atoms with E-state index in [9.17, 15) is 0 Å². The molecule has 0 saturated heterocycles. The third kappa shape index (κ3) is 4.59. The number of halogens is 1. The van der Waals surface area contributed by atoms with Gasteiger partial charge >= 0.3 is 0 Å². The molecule has 2 rings (SSSR count). The first-order valence-corrected chi connectivity index (χ1v) is 7.24. The second kappa shape index (κ2) is 6.55. The second-order valence-corrected chi connectivity index (χ2v) is 6.01. The number of anilines is 1. The summed E-state index contributed by atoms with van der Waals surface area (Å²) in [5.41, 5.74) is 8.00. The van der Waals surface area contributed by atoms with E-state index in [-0.39, 0.29) is 0 Å². The van der Waals surface area contributed by atoms with Gasteiger partial charge < -0.3 is 10.5 Å². The van der Waals surface area contributed by atoms with E-state index >= 15 is 0 Å². The molecule has 3 nitrogen and oxygen atoms in total. The van der Waals surface area contributed by atoms with Gasteiger partial charge in [0.25, 0.3) is 0 Å². The minimum absolute atomic E-state index is 0.809. The fraction of sp³-hybridized carbons (Fsp3) is 0.571. The topological polar surface area (TPSA) is 38.5 Å². The molecule has 0 aliphatic heterocycles. The van der Waals surface area contributed by atoms with Crippen LogP contribution >= 0.6 is 15.9 Å². The van der Waals surface area contributed by atoms with Crippen LogP contribution in [-0.2, 0) is 11.3 Å². The van der Waals surface area contributed by atoms with Crippen LogP contribution in [-0.4, -0.2) is 31.7 Å². The first-order valence-electron chi connectivity index (χ1n) is 6.45. The molecule has 0 atom stereocenters. The van der Waals surface area contributed by atoms with E-state index in [2.05, 4.69) is 33.9 Å². The second-order valence-electron chi connectivity index (χ2n) is 5.10. The molecule has 0 unspecified atom stereocenters. The fourth-order valence-corrected chi connectivity index (χ4v) is 2.21. The van der Waals surface area contributed by atoms with Crippen molar-refractivity contribution in [3.63, 3.8) is 0 Å². The van der Waals surface area contributed by atoms with Crippen LogP contribution in [0.5, 0.6) is 0 Å². The number of likely N-dealkylation sites (N-methyl/N-ethyl adjacent to an activating group) is 1. The maximum Gasteiger partial charge on any atom is 0.0593 e. The highest BCUT2D eigenvalue weighted by Crippen LogP contribution is 2.28. The van der Waals surface area contributed by atoms with Crippen LogP contribution in [0.15, 0.2) is 22.7 Å². The lowest BCUT2D eigenvalue weighted by molar-refractivity contribution is 0.102. The van der Waals surface area contributed by atoms with Crippen LogP contribution in [0.3, 0.4) is 0 Å². The molecule has 4 heteroatoms. The number of hydrogen-bond donors (Lipinski definition) is 1. The van der Waals surface area contributed by atoms with Crippen LogP contribution in [0, 0.1) is 5.92 Å². The highest BCUT2D eigenvalue weighted by Gasteiger charge is 2.20. The summed E-state index contributed by atoms with van der Waals surface area (Å²) in [4.78, 5) is 2.24. The van der Waals surface area contributed by atoms with Gasteiger partial charge in [0, 0.05) is 29.9 Å². The third-order valence-electron chi connectivity index (χ3n) is 3.22. The fourth-order valence-electron chi connectivity index (χ4n) is 1.83. The number of nitrogens with zero attached hydrogens (tertiary/aromatic N) is 1. The first-order chi connectivity index (χ1) is 8.65. The van der Waals surface area contributed by atoms with Crippen molar-refractivity contribution in [2.75, 3.05) is 32.5 Å². The molecule has 0 bridgehead atoms. The molecule has 2 N–H and O–H groups in total. The van der Waals surface area contributed by atoms with Gasteiger partial charge in [-0.2, -0.15) is 0 Å². The summed E-state index contributed by atoms with van der Waals surface area (Å²) in [6, 6.07) is 6.05. The van der Waals surface area contributed by atoms with Gasteiger partial charge in [-0.15, -0.1) is 0 Å². The number of nitrogen functional groups attached to an aromatic ring is 1.